The Labute approximate surface area is 185 Å². The number of anilines is 2. The summed E-state index contributed by atoms with van der Waals surface area (Å²) in [5, 5.41) is 9.90. The number of hydrogen-bond donors (Lipinski definition) is 3. The van der Waals surface area contributed by atoms with E-state index in [1.165, 1.54) is 19.1 Å². The molecule has 160 valence electrons. The van der Waals surface area contributed by atoms with Crippen LogP contribution in [0, 0.1) is 6.92 Å². The van der Waals surface area contributed by atoms with Crippen molar-refractivity contribution < 1.29 is 31.2 Å². The van der Waals surface area contributed by atoms with Gasteiger partial charge in [-0.3, -0.25) is 9.44 Å². The van der Waals surface area contributed by atoms with Crippen molar-refractivity contribution in [1.82, 2.24) is 0 Å². The molecule has 3 aromatic rings. The van der Waals surface area contributed by atoms with Gasteiger partial charge in [-0.05, 0) is 30.5 Å². The van der Waals surface area contributed by atoms with E-state index in [9.17, 15) is 21.6 Å². The normalized spacial score (nSPS) is 12.0. The number of halogens is 2. The van der Waals surface area contributed by atoms with E-state index in [-0.39, 0.29) is 37.0 Å². The van der Waals surface area contributed by atoms with Crippen molar-refractivity contribution in [1.29, 1.82) is 0 Å². The van der Waals surface area contributed by atoms with Crippen molar-refractivity contribution in [2.75, 3.05) is 9.44 Å². The van der Waals surface area contributed by atoms with Crippen LogP contribution >= 0.6 is 34.5 Å². The molecule has 0 atom stereocenters. The van der Waals surface area contributed by atoms with Crippen molar-refractivity contribution in [2.24, 2.45) is 0 Å². The van der Waals surface area contributed by atoms with Gasteiger partial charge in [-0.2, -0.15) is 8.42 Å². The molecule has 0 radical (unpaired) electrons. The van der Waals surface area contributed by atoms with Gasteiger partial charge < -0.3 is 9.52 Å². The fourth-order valence-electron chi connectivity index (χ4n) is 2.32. The highest BCUT2D eigenvalue weighted by Crippen LogP contribution is 2.36. The van der Waals surface area contributed by atoms with Crippen LogP contribution in [0.4, 0.5) is 11.4 Å². The van der Waals surface area contributed by atoms with Gasteiger partial charge in [-0.25, -0.2) is 13.2 Å². The molecule has 0 unspecified atom stereocenters. The molecular weight excluding hydrogens is 499 g/mol. The van der Waals surface area contributed by atoms with Crippen LogP contribution in [0.25, 0.3) is 0 Å². The maximum atomic E-state index is 12.7. The van der Waals surface area contributed by atoms with Crippen molar-refractivity contribution >= 4 is 71.9 Å². The largest absolute Gasteiger partial charge is 0.478 e. The molecule has 2 heterocycles. The lowest BCUT2D eigenvalue weighted by atomic mass is 10.3. The molecule has 0 amide bonds. The predicted molar refractivity (Wildman–Crippen MR) is 113 cm³/mol. The maximum absolute atomic E-state index is 12.7. The maximum Gasteiger partial charge on any atom is 0.339 e. The molecule has 0 aliphatic heterocycles. The van der Waals surface area contributed by atoms with Crippen LogP contribution in [0.3, 0.4) is 0 Å². The van der Waals surface area contributed by atoms with E-state index >= 15 is 0 Å². The number of furan rings is 1. The SMILES string of the molecule is Cc1oc(S(=O)(=O)Nc2cc(Cl)c(Cl)cc2NS(=O)(=O)c2cccs2)cc1C(=O)O. The summed E-state index contributed by atoms with van der Waals surface area (Å²) in [7, 11) is -8.45. The molecule has 14 heteroatoms. The Morgan fingerprint density at radius 2 is 1.60 bits per heavy atom. The van der Waals surface area contributed by atoms with E-state index < -0.39 is 31.1 Å². The van der Waals surface area contributed by atoms with Crippen LogP contribution in [-0.4, -0.2) is 27.9 Å². The van der Waals surface area contributed by atoms with E-state index in [1.54, 1.807) is 5.38 Å². The molecule has 3 N–H and O–H groups in total. The summed E-state index contributed by atoms with van der Waals surface area (Å²) in [5.41, 5.74) is -0.762. The number of carboxylic acid groups (broad SMARTS) is 1. The number of aryl methyl sites for hydroxylation is 1. The fourth-order valence-corrected chi connectivity index (χ4v) is 5.78. The van der Waals surface area contributed by atoms with Gasteiger partial charge in [0.2, 0.25) is 5.09 Å². The van der Waals surface area contributed by atoms with Crippen molar-refractivity contribution in [3.05, 3.63) is 57.1 Å². The second-order valence-corrected chi connectivity index (χ2v) is 11.1. The standard InChI is InChI=1S/C16H12Cl2N2O7S3/c1-8-9(16(21)22)5-14(27-8)29(23,24)19-12-6-10(17)11(18)7-13(12)20-30(25,26)15-3-2-4-28-15/h2-7,19-20H,1H3,(H,21,22). The summed E-state index contributed by atoms with van der Waals surface area (Å²) in [6.45, 7) is 1.29. The van der Waals surface area contributed by atoms with Gasteiger partial charge in [0, 0.05) is 6.07 Å². The Kier molecular flexibility index (Phi) is 6.07. The Morgan fingerprint density at radius 1 is 1.03 bits per heavy atom. The summed E-state index contributed by atoms with van der Waals surface area (Å²) in [4.78, 5) is 11.1. The highest BCUT2D eigenvalue weighted by molar-refractivity contribution is 7.94. The minimum atomic E-state index is -4.42. The summed E-state index contributed by atoms with van der Waals surface area (Å²) in [5.74, 6) is -1.48. The number of thiophene rings is 1. The zero-order valence-corrected chi connectivity index (χ0v) is 18.8. The summed E-state index contributed by atoms with van der Waals surface area (Å²) in [6, 6.07) is 6.00. The number of sulfonamides is 2. The summed E-state index contributed by atoms with van der Waals surface area (Å²) in [6.07, 6.45) is 0. The van der Waals surface area contributed by atoms with Crippen LogP contribution < -0.4 is 9.44 Å². The number of carbonyl (C=O) groups is 1. The van der Waals surface area contributed by atoms with Crippen LogP contribution in [0.15, 0.2) is 49.4 Å². The molecule has 0 spiro atoms. The number of nitrogens with one attached hydrogen (secondary N) is 2. The number of rotatable bonds is 7. The smallest absolute Gasteiger partial charge is 0.339 e. The Morgan fingerprint density at radius 3 is 2.07 bits per heavy atom. The lowest BCUT2D eigenvalue weighted by Gasteiger charge is -2.14. The van der Waals surface area contributed by atoms with Crippen molar-refractivity contribution in [3.8, 4) is 0 Å². The van der Waals surface area contributed by atoms with Crippen molar-refractivity contribution in [3.63, 3.8) is 0 Å². The highest BCUT2D eigenvalue weighted by atomic mass is 35.5. The number of aromatic carboxylic acids is 1. The highest BCUT2D eigenvalue weighted by Gasteiger charge is 2.26. The predicted octanol–water partition coefficient (Wildman–Crippen LogP) is 4.26. The first-order valence-corrected chi connectivity index (χ1v) is 12.4. The molecule has 1 aromatic carbocycles. The summed E-state index contributed by atoms with van der Waals surface area (Å²) >= 11 is 12.9. The first-order valence-electron chi connectivity index (χ1n) is 7.82. The van der Waals surface area contributed by atoms with E-state index in [1.807, 2.05) is 0 Å². The fraction of sp³-hybridized carbons (Fsp3) is 0.0625. The molecule has 0 saturated heterocycles. The zero-order valence-electron chi connectivity index (χ0n) is 14.8. The topological polar surface area (TPSA) is 143 Å². The molecule has 2 aromatic heterocycles. The van der Waals surface area contributed by atoms with Crippen LogP contribution in [0.1, 0.15) is 16.1 Å². The molecular formula is C16H12Cl2N2O7S3. The minimum Gasteiger partial charge on any atom is -0.478 e. The Bertz CT molecular complexity index is 1330. The van der Waals surface area contributed by atoms with Gasteiger partial charge in [0.25, 0.3) is 20.0 Å². The minimum absolute atomic E-state index is 0.00450. The molecule has 9 nitrogen and oxygen atoms in total. The number of benzene rings is 1. The first kappa shape index (κ1) is 22.4. The third-order valence-corrected chi connectivity index (χ3v) is 8.40. The molecule has 3 rings (SSSR count). The van der Waals surface area contributed by atoms with Gasteiger partial charge in [0.1, 0.15) is 15.5 Å². The van der Waals surface area contributed by atoms with Crippen molar-refractivity contribution in [2.45, 2.75) is 16.2 Å². The number of hydrogen-bond acceptors (Lipinski definition) is 7. The quantitative estimate of drug-likeness (QED) is 0.430. The van der Waals surface area contributed by atoms with E-state index in [0.717, 1.165) is 29.5 Å². The third kappa shape index (κ3) is 4.57. The molecule has 0 bridgehead atoms. The second-order valence-electron chi connectivity index (χ2n) is 5.80. The average molecular weight is 511 g/mol. The van der Waals surface area contributed by atoms with Gasteiger partial charge in [0.15, 0.2) is 0 Å². The van der Waals surface area contributed by atoms with Gasteiger partial charge >= 0.3 is 5.97 Å². The molecule has 0 fully saturated rings. The van der Waals surface area contributed by atoms with E-state index in [4.69, 9.17) is 32.7 Å². The molecule has 30 heavy (non-hydrogen) atoms. The Hall–Kier alpha value is -2.25. The van der Waals surface area contributed by atoms with Gasteiger partial charge in [0.05, 0.1) is 21.4 Å². The monoisotopic (exact) mass is 510 g/mol. The van der Waals surface area contributed by atoms with E-state index in [0.29, 0.717) is 0 Å². The average Bonchev–Trinajstić information content (AvgIpc) is 3.29. The van der Waals surface area contributed by atoms with Crippen LogP contribution in [-0.2, 0) is 20.0 Å². The number of carboxylic acids is 1. The zero-order chi connectivity index (χ0) is 22.3. The summed E-state index contributed by atoms with van der Waals surface area (Å²) < 4.78 is 59.9. The van der Waals surface area contributed by atoms with Gasteiger partial charge in [-0.1, -0.05) is 29.3 Å². The lowest BCUT2D eigenvalue weighted by molar-refractivity contribution is 0.0695. The first-order chi connectivity index (χ1) is 13.9. The molecule has 0 aliphatic rings. The third-order valence-electron chi connectivity index (χ3n) is 3.70. The molecule has 0 saturated carbocycles. The lowest BCUT2D eigenvalue weighted by Crippen LogP contribution is -2.17. The van der Waals surface area contributed by atoms with Crippen LogP contribution in [0.2, 0.25) is 10.0 Å². The Balaban J connectivity index is 2.02. The van der Waals surface area contributed by atoms with Crippen LogP contribution in [0.5, 0.6) is 0 Å². The van der Waals surface area contributed by atoms with E-state index in [2.05, 4.69) is 9.44 Å². The molecule has 0 aliphatic carbocycles. The van der Waals surface area contributed by atoms with Gasteiger partial charge in [-0.15, -0.1) is 11.3 Å². The second kappa shape index (κ2) is 8.12.